The number of aromatic nitrogens is 7. The van der Waals surface area contributed by atoms with E-state index < -0.39 is 0 Å². The Balaban J connectivity index is 0.811. The fourth-order valence-electron chi connectivity index (χ4n) is 16.6. The molecule has 0 bridgehead atoms. The maximum atomic E-state index is 5.48. The van der Waals surface area contributed by atoms with Crippen LogP contribution in [-0.2, 0) is 0 Å². The highest BCUT2D eigenvalue weighted by Crippen LogP contribution is 2.55. The largest absolute Gasteiger partial charge is 0.373 e. The summed E-state index contributed by atoms with van der Waals surface area (Å²) >= 11 is 0. The second kappa shape index (κ2) is 17.3. The first-order chi connectivity index (χ1) is 45.1. The van der Waals surface area contributed by atoms with Crippen LogP contribution < -0.4 is 10.6 Å². The van der Waals surface area contributed by atoms with Crippen LogP contribution in [0.5, 0.6) is 0 Å². The van der Waals surface area contributed by atoms with Crippen molar-refractivity contribution in [2.45, 2.75) is 12.2 Å². The first-order valence-corrected chi connectivity index (χ1v) is 31.4. The topological polar surface area (TPSA) is 74.0 Å². The smallest absolute Gasteiger partial charge is 0.165 e. The lowest BCUT2D eigenvalue weighted by Gasteiger charge is -2.34. The maximum absolute atomic E-state index is 5.48. The number of nitrogens with one attached hydrogen (secondary N) is 2. The number of anilines is 2. The molecular weight excluding hydrogens is 1110 g/mol. The third kappa shape index (κ3) is 6.23. The van der Waals surface area contributed by atoms with Crippen molar-refractivity contribution < 1.29 is 0 Å². The molecule has 0 fully saturated rings. The predicted octanol–water partition coefficient (Wildman–Crippen LogP) is 20.6. The number of hydrogen-bond acceptors (Lipinski definition) is 4. The molecule has 2 atom stereocenters. The van der Waals surface area contributed by atoms with Gasteiger partial charge >= 0.3 is 0 Å². The zero-order valence-corrected chi connectivity index (χ0v) is 48.8. The molecule has 20 aromatic rings. The minimum atomic E-state index is -0.117. The van der Waals surface area contributed by atoms with Crippen molar-refractivity contribution in [1.82, 2.24) is 32.6 Å². The minimum Gasteiger partial charge on any atom is -0.373 e. The number of hydrogen-bond donors (Lipinski definition) is 2. The summed E-state index contributed by atoms with van der Waals surface area (Å²) in [5.41, 5.74) is 26.8. The van der Waals surface area contributed by atoms with E-state index in [1.165, 1.54) is 98.1 Å². The molecule has 0 spiro atoms. The van der Waals surface area contributed by atoms with Gasteiger partial charge in [-0.15, -0.1) is 0 Å². The second-order valence-electron chi connectivity index (χ2n) is 24.9. The van der Waals surface area contributed by atoms with Crippen LogP contribution in [0.3, 0.4) is 0 Å². The number of fused-ring (bicyclic) bond motifs is 25. The normalized spacial score (nSPS) is 14.8. The van der Waals surface area contributed by atoms with E-state index in [9.17, 15) is 0 Å². The monoisotopic (exact) mass is 1160 g/mol. The van der Waals surface area contributed by atoms with Crippen molar-refractivity contribution in [1.29, 1.82) is 0 Å². The summed E-state index contributed by atoms with van der Waals surface area (Å²) in [5, 5.41) is 21.5. The minimum absolute atomic E-state index is 0.0726. The van der Waals surface area contributed by atoms with Gasteiger partial charge in [-0.3, -0.25) is 4.40 Å². The van der Waals surface area contributed by atoms with Gasteiger partial charge in [0.15, 0.2) is 5.65 Å². The van der Waals surface area contributed by atoms with Crippen LogP contribution >= 0.6 is 0 Å². The average molecular weight is 1160 g/mol. The quantitative estimate of drug-likeness (QED) is 0.180. The molecule has 0 saturated heterocycles. The van der Waals surface area contributed by atoms with Gasteiger partial charge in [0.2, 0.25) is 0 Å². The van der Waals surface area contributed by atoms with Crippen LogP contribution in [-0.4, -0.2) is 32.6 Å². The molecule has 22 rings (SSSR count). The molecule has 9 heterocycles. The van der Waals surface area contributed by atoms with Crippen LogP contribution in [0.1, 0.15) is 17.8 Å². The van der Waals surface area contributed by atoms with Crippen molar-refractivity contribution in [3.63, 3.8) is 0 Å². The van der Waals surface area contributed by atoms with E-state index in [0.29, 0.717) is 0 Å². The van der Waals surface area contributed by atoms with Crippen LogP contribution in [0.25, 0.3) is 176 Å². The van der Waals surface area contributed by atoms with E-state index in [2.05, 4.69) is 306 Å². The van der Waals surface area contributed by atoms with E-state index in [1.807, 2.05) is 0 Å². The van der Waals surface area contributed by atoms with E-state index in [0.717, 1.165) is 94.7 Å². The Labute approximate surface area is 518 Å². The first kappa shape index (κ1) is 47.9. The molecule has 2 N–H and O–H groups in total. The molecule has 2 aliphatic heterocycles. The summed E-state index contributed by atoms with van der Waals surface area (Å²) in [6, 6.07) is 100. The van der Waals surface area contributed by atoms with Crippen molar-refractivity contribution in [2.75, 3.05) is 10.6 Å². The third-order valence-electron chi connectivity index (χ3n) is 20.4. The van der Waals surface area contributed by atoms with E-state index >= 15 is 0 Å². The summed E-state index contributed by atoms with van der Waals surface area (Å²) in [6.45, 7) is 0. The summed E-state index contributed by atoms with van der Waals surface area (Å²) in [6.07, 6.45) is -0.117. The lowest BCUT2D eigenvalue weighted by Crippen LogP contribution is -2.30. The summed E-state index contributed by atoms with van der Waals surface area (Å²) in [7, 11) is 0. The highest BCUT2D eigenvalue weighted by molar-refractivity contribution is 6.31. The van der Waals surface area contributed by atoms with Gasteiger partial charge in [-0.25, -0.2) is 9.97 Å². The number of para-hydroxylation sites is 8. The third-order valence-corrected chi connectivity index (χ3v) is 20.4. The summed E-state index contributed by atoms with van der Waals surface area (Å²) in [5.74, 6) is 0. The Hall–Kier alpha value is -12.2. The molecule has 13 aromatic carbocycles. The van der Waals surface area contributed by atoms with Crippen molar-refractivity contribution in [3.05, 3.63) is 279 Å². The molecular formula is C82H49N9. The van der Waals surface area contributed by atoms with Gasteiger partial charge in [0, 0.05) is 81.9 Å². The van der Waals surface area contributed by atoms with Gasteiger partial charge in [0.1, 0.15) is 11.7 Å². The molecule has 2 aliphatic rings. The fourth-order valence-corrected chi connectivity index (χ4v) is 16.6. The molecule has 0 amide bonds. The Bertz CT molecular complexity index is 6580. The predicted molar refractivity (Wildman–Crippen MR) is 377 cm³/mol. The molecule has 422 valence electrons. The molecule has 7 aromatic heterocycles. The van der Waals surface area contributed by atoms with Gasteiger partial charge in [-0.1, -0.05) is 170 Å². The van der Waals surface area contributed by atoms with Crippen LogP contribution in [0, 0.1) is 0 Å². The molecule has 2 unspecified atom stereocenters. The zero-order chi connectivity index (χ0) is 58.9. The van der Waals surface area contributed by atoms with Crippen LogP contribution in [0.4, 0.5) is 11.4 Å². The lowest BCUT2D eigenvalue weighted by atomic mass is 9.96. The SMILES string of the molecule is c1ccc(-c2ccc(-n3c4ccccc4c4cc5c6ccc(-c7ccc8c(c7)c7c(ccc9c%10cccc%11c%12nc%13ccccc%13nc%12n(c%10%11)c97)n8-c7ccc8c9ccccc9n(-c9ccccc9)c8c7)cc6n6c5c(c43)C3Nc4ccccc4NC36)cc2)cc1. The Kier molecular flexibility index (Phi) is 9.11. The van der Waals surface area contributed by atoms with E-state index in [-0.39, 0.29) is 12.2 Å². The van der Waals surface area contributed by atoms with Gasteiger partial charge in [0.05, 0.1) is 83.6 Å². The number of benzene rings is 13. The average Bonchev–Trinajstić information content (AvgIpc) is 1.52. The van der Waals surface area contributed by atoms with Gasteiger partial charge < -0.3 is 28.9 Å². The highest BCUT2D eigenvalue weighted by Gasteiger charge is 2.42. The molecule has 91 heavy (non-hydrogen) atoms. The van der Waals surface area contributed by atoms with Crippen molar-refractivity contribution in [3.8, 4) is 39.3 Å². The van der Waals surface area contributed by atoms with Crippen LogP contribution in [0.15, 0.2) is 273 Å². The zero-order valence-electron chi connectivity index (χ0n) is 48.8. The van der Waals surface area contributed by atoms with Crippen molar-refractivity contribution >= 4 is 148 Å². The van der Waals surface area contributed by atoms with Gasteiger partial charge in [-0.2, -0.15) is 0 Å². The van der Waals surface area contributed by atoms with Crippen molar-refractivity contribution in [2.24, 2.45) is 0 Å². The van der Waals surface area contributed by atoms with Gasteiger partial charge in [-0.05, 0) is 125 Å². The maximum Gasteiger partial charge on any atom is 0.165 e. The molecule has 9 heteroatoms. The van der Waals surface area contributed by atoms with E-state index in [4.69, 9.17) is 9.97 Å². The second-order valence-corrected chi connectivity index (χ2v) is 24.9. The number of nitrogens with zero attached hydrogens (tertiary/aromatic N) is 7. The van der Waals surface area contributed by atoms with E-state index in [1.54, 1.807) is 0 Å². The Morgan fingerprint density at radius 2 is 0.846 bits per heavy atom. The standard InChI is InChI=1S/C82H49N9/c1-3-16-46(17-4-1)47-30-34-51(35-31-47)89-68-29-14-8-21-54(68)60-45-61-56-37-32-49(43-71(56)90-80(61)74(79(60)89)76-82(90)86-66-27-12-10-25-64(66)84-76)48-33-40-69-62(42-48)73-70(88(69)52-36-38-55-53-20-7-13-28-67(53)87(72(55)44-52)50-18-5-2-6-19-50)41-39-58-57-22-15-23-59-75-81(91(77(57)59)78(58)73)85-65-26-11-9-24-63(65)83-75/h1-45,76,82,84,86H. The summed E-state index contributed by atoms with van der Waals surface area (Å²) in [4.78, 5) is 10.8. The highest BCUT2D eigenvalue weighted by atomic mass is 15.3. The molecule has 0 saturated carbocycles. The number of rotatable bonds is 5. The lowest BCUT2D eigenvalue weighted by molar-refractivity contribution is 0.541. The Morgan fingerprint density at radius 3 is 1.68 bits per heavy atom. The van der Waals surface area contributed by atoms with Gasteiger partial charge in [0.25, 0.3) is 0 Å². The Morgan fingerprint density at radius 1 is 0.297 bits per heavy atom. The molecule has 0 aliphatic carbocycles. The fraction of sp³-hybridized carbons (Fsp3) is 0.0244. The summed E-state index contributed by atoms with van der Waals surface area (Å²) < 4.78 is 12.5. The molecule has 9 nitrogen and oxygen atoms in total. The molecule has 0 radical (unpaired) electrons. The first-order valence-electron chi connectivity index (χ1n) is 31.4. The van der Waals surface area contributed by atoms with Crippen LogP contribution in [0.2, 0.25) is 0 Å².